The molecule has 0 aromatic heterocycles. The van der Waals surface area contributed by atoms with Gasteiger partial charge in [-0.15, -0.1) is 0 Å². The first-order chi connectivity index (χ1) is 7.00. The highest BCUT2D eigenvalue weighted by molar-refractivity contribution is 5.94. The molecule has 1 atom stereocenters. The topological polar surface area (TPSA) is 55.1 Å². The van der Waals surface area contributed by atoms with Gasteiger partial charge < -0.3 is 11.1 Å². The second-order valence-corrected chi connectivity index (χ2v) is 4.13. The largest absolute Gasteiger partial charge is 0.325 e. The summed E-state index contributed by atoms with van der Waals surface area (Å²) >= 11 is 0. The fourth-order valence-corrected chi connectivity index (χ4v) is 1.25. The quantitative estimate of drug-likeness (QED) is 0.793. The predicted octanol–water partition coefficient (Wildman–Crippen LogP) is 1.92. The molecule has 0 saturated heterocycles. The third-order valence-corrected chi connectivity index (χ3v) is 2.31. The van der Waals surface area contributed by atoms with E-state index in [9.17, 15) is 4.79 Å². The number of anilines is 1. The molecule has 3 nitrogen and oxygen atoms in total. The summed E-state index contributed by atoms with van der Waals surface area (Å²) in [5, 5.41) is 2.80. The highest BCUT2D eigenvalue weighted by Crippen LogP contribution is 2.10. The van der Waals surface area contributed by atoms with Gasteiger partial charge in [0.05, 0.1) is 6.04 Å². The number of amides is 1. The summed E-state index contributed by atoms with van der Waals surface area (Å²) in [6.45, 7) is 5.85. The summed E-state index contributed by atoms with van der Waals surface area (Å²) in [6.07, 6.45) is 0. The molecule has 82 valence electrons. The third-order valence-electron chi connectivity index (χ3n) is 2.31. The number of aryl methyl sites for hydroxylation is 1. The van der Waals surface area contributed by atoms with Gasteiger partial charge in [0.1, 0.15) is 0 Å². The zero-order chi connectivity index (χ0) is 11.4. The van der Waals surface area contributed by atoms with Crippen LogP contribution in [0.4, 0.5) is 5.69 Å². The van der Waals surface area contributed by atoms with E-state index in [-0.39, 0.29) is 11.8 Å². The average molecular weight is 206 g/mol. The highest BCUT2D eigenvalue weighted by atomic mass is 16.2. The van der Waals surface area contributed by atoms with Crippen LogP contribution in [0.1, 0.15) is 19.4 Å². The van der Waals surface area contributed by atoms with Crippen LogP contribution in [0, 0.1) is 12.8 Å². The Hall–Kier alpha value is -1.35. The monoisotopic (exact) mass is 206 g/mol. The number of carbonyl (C=O) groups excluding carboxylic acids is 1. The molecule has 15 heavy (non-hydrogen) atoms. The van der Waals surface area contributed by atoms with Gasteiger partial charge >= 0.3 is 0 Å². The SMILES string of the molecule is Cc1cccc(NC(=O)[C@H](N)C(C)C)c1. The number of benzene rings is 1. The summed E-state index contributed by atoms with van der Waals surface area (Å²) in [7, 11) is 0. The first kappa shape index (κ1) is 11.7. The first-order valence-corrected chi connectivity index (χ1v) is 5.14. The molecular weight excluding hydrogens is 188 g/mol. The van der Waals surface area contributed by atoms with Crippen molar-refractivity contribution in [1.82, 2.24) is 0 Å². The summed E-state index contributed by atoms with van der Waals surface area (Å²) in [4.78, 5) is 11.6. The first-order valence-electron chi connectivity index (χ1n) is 5.14. The fourth-order valence-electron chi connectivity index (χ4n) is 1.25. The predicted molar refractivity (Wildman–Crippen MR) is 62.6 cm³/mol. The van der Waals surface area contributed by atoms with Crippen LogP contribution < -0.4 is 11.1 Å². The summed E-state index contributed by atoms with van der Waals surface area (Å²) in [5.41, 5.74) is 7.65. The van der Waals surface area contributed by atoms with E-state index in [1.165, 1.54) is 0 Å². The molecule has 1 aromatic rings. The molecule has 3 heteroatoms. The van der Waals surface area contributed by atoms with Crippen molar-refractivity contribution >= 4 is 11.6 Å². The third kappa shape index (κ3) is 3.36. The molecule has 1 amide bonds. The van der Waals surface area contributed by atoms with Gasteiger partial charge in [0.25, 0.3) is 0 Å². The lowest BCUT2D eigenvalue weighted by Crippen LogP contribution is -2.39. The second kappa shape index (κ2) is 4.94. The molecule has 0 spiro atoms. The molecule has 0 aliphatic heterocycles. The van der Waals surface area contributed by atoms with Crippen LogP contribution >= 0.6 is 0 Å². The molecule has 0 unspecified atom stereocenters. The van der Waals surface area contributed by atoms with Crippen LogP contribution in [0.5, 0.6) is 0 Å². The van der Waals surface area contributed by atoms with Crippen molar-refractivity contribution in [2.75, 3.05) is 5.32 Å². The lowest BCUT2D eigenvalue weighted by molar-refractivity contribution is -0.118. The molecule has 1 aromatic carbocycles. The van der Waals surface area contributed by atoms with Gasteiger partial charge in [-0.1, -0.05) is 26.0 Å². The van der Waals surface area contributed by atoms with Crippen molar-refractivity contribution in [3.8, 4) is 0 Å². The minimum Gasteiger partial charge on any atom is -0.325 e. The van der Waals surface area contributed by atoms with E-state index < -0.39 is 6.04 Å². The zero-order valence-electron chi connectivity index (χ0n) is 9.45. The van der Waals surface area contributed by atoms with E-state index in [2.05, 4.69) is 5.32 Å². The molecule has 0 bridgehead atoms. The Morgan fingerprint density at radius 1 is 1.40 bits per heavy atom. The van der Waals surface area contributed by atoms with Crippen molar-refractivity contribution in [3.63, 3.8) is 0 Å². The van der Waals surface area contributed by atoms with Crippen molar-refractivity contribution in [3.05, 3.63) is 29.8 Å². The van der Waals surface area contributed by atoms with Crippen LogP contribution in [-0.4, -0.2) is 11.9 Å². The van der Waals surface area contributed by atoms with Gasteiger partial charge in [0.2, 0.25) is 5.91 Å². The van der Waals surface area contributed by atoms with E-state index >= 15 is 0 Å². The van der Waals surface area contributed by atoms with Crippen LogP contribution in [0.15, 0.2) is 24.3 Å². The Balaban J connectivity index is 2.66. The summed E-state index contributed by atoms with van der Waals surface area (Å²) in [6, 6.07) is 7.22. The van der Waals surface area contributed by atoms with E-state index in [1.54, 1.807) is 0 Å². The van der Waals surface area contributed by atoms with Crippen molar-refractivity contribution < 1.29 is 4.79 Å². The van der Waals surface area contributed by atoms with Crippen molar-refractivity contribution in [2.45, 2.75) is 26.8 Å². The molecule has 0 heterocycles. The summed E-state index contributed by atoms with van der Waals surface area (Å²) < 4.78 is 0. The van der Waals surface area contributed by atoms with E-state index in [0.29, 0.717) is 0 Å². The Bertz CT molecular complexity index is 347. The van der Waals surface area contributed by atoms with Crippen LogP contribution in [-0.2, 0) is 4.79 Å². The lowest BCUT2D eigenvalue weighted by atomic mass is 10.0. The Kier molecular flexibility index (Phi) is 3.86. The fraction of sp³-hybridized carbons (Fsp3) is 0.417. The average Bonchev–Trinajstić information content (AvgIpc) is 2.16. The van der Waals surface area contributed by atoms with Gasteiger partial charge in [-0.25, -0.2) is 0 Å². The molecule has 0 aliphatic rings. The van der Waals surface area contributed by atoms with Gasteiger partial charge in [-0.05, 0) is 30.5 Å². The van der Waals surface area contributed by atoms with Gasteiger partial charge in [-0.2, -0.15) is 0 Å². The Labute approximate surface area is 90.7 Å². The molecule has 0 radical (unpaired) electrons. The maximum Gasteiger partial charge on any atom is 0.241 e. The van der Waals surface area contributed by atoms with Crippen LogP contribution in [0.25, 0.3) is 0 Å². The van der Waals surface area contributed by atoms with Gasteiger partial charge in [-0.3, -0.25) is 4.79 Å². The number of nitrogens with two attached hydrogens (primary N) is 1. The molecule has 1 rings (SSSR count). The van der Waals surface area contributed by atoms with Gasteiger partial charge in [0.15, 0.2) is 0 Å². The number of rotatable bonds is 3. The van der Waals surface area contributed by atoms with E-state index in [0.717, 1.165) is 11.3 Å². The Morgan fingerprint density at radius 2 is 2.07 bits per heavy atom. The molecule has 0 aliphatic carbocycles. The van der Waals surface area contributed by atoms with Crippen LogP contribution in [0.3, 0.4) is 0 Å². The highest BCUT2D eigenvalue weighted by Gasteiger charge is 2.16. The number of nitrogens with one attached hydrogen (secondary N) is 1. The van der Waals surface area contributed by atoms with Crippen molar-refractivity contribution in [1.29, 1.82) is 0 Å². The number of hydrogen-bond donors (Lipinski definition) is 2. The Morgan fingerprint density at radius 3 is 2.60 bits per heavy atom. The molecule has 0 saturated carbocycles. The maximum atomic E-state index is 11.6. The smallest absolute Gasteiger partial charge is 0.241 e. The molecule has 3 N–H and O–H groups in total. The minimum atomic E-state index is -0.453. The van der Waals surface area contributed by atoms with Crippen molar-refractivity contribution in [2.24, 2.45) is 11.7 Å². The molecule has 0 fully saturated rings. The van der Waals surface area contributed by atoms with E-state index in [1.807, 2.05) is 45.0 Å². The normalized spacial score (nSPS) is 12.6. The van der Waals surface area contributed by atoms with Gasteiger partial charge in [0, 0.05) is 5.69 Å². The second-order valence-electron chi connectivity index (χ2n) is 4.13. The number of hydrogen-bond acceptors (Lipinski definition) is 2. The number of carbonyl (C=O) groups is 1. The van der Waals surface area contributed by atoms with E-state index in [4.69, 9.17) is 5.73 Å². The van der Waals surface area contributed by atoms with Crippen LogP contribution in [0.2, 0.25) is 0 Å². The standard InChI is InChI=1S/C12H18N2O/c1-8(2)11(13)12(15)14-10-6-4-5-9(3)7-10/h4-8,11H,13H2,1-3H3,(H,14,15)/t11-/m1/s1. The summed E-state index contributed by atoms with van der Waals surface area (Å²) in [5.74, 6) is 0.0189. The maximum absolute atomic E-state index is 11.6. The lowest BCUT2D eigenvalue weighted by Gasteiger charge is -2.15. The minimum absolute atomic E-state index is 0.129. The zero-order valence-corrected chi connectivity index (χ0v) is 9.45. The molecular formula is C12H18N2O.